The van der Waals surface area contributed by atoms with Gasteiger partial charge in [0.25, 0.3) is 0 Å². The monoisotopic (exact) mass is 309 g/mol. The van der Waals surface area contributed by atoms with Crippen LogP contribution in [0, 0.1) is 0 Å². The first kappa shape index (κ1) is 14.1. The molecule has 1 saturated heterocycles. The Morgan fingerprint density at radius 1 is 1.17 bits per heavy atom. The third kappa shape index (κ3) is 2.77. The van der Waals surface area contributed by atoms with Crippen LogP contribution in [0.15, 0.2) is 59.2 Å². The van der Waals surface area contributed by atoms with E-state index in [0.717, 1.165) is 30.6 Å². The second kappa shape index (κ2) is 5.95. The average Bonchev–Trinajstić information content (AvgIpc) is 3.20. The summed E-state index contributed by atoms with van der Waals surface area (Å²) in [7, 11) is 0. The van der Waals surface area contributed by atoms with Crippen LogP contribution in [0.4, 0.5) is 4.79 Å². The molecule has 4 rings (SSSR count). The van der Waals surface area contributed by atoms with Crippen LogP contribution >= 0.6 is 0 Å². The lowest BCUT2D eigenvalue weighted by Crippen LogP contribution is -2.43. The Bertz CT molecular complexity index is 705. The SMILES string of the molecule is O=C(OCc1ccccc1)N1C2C=C(c3ccco3)CC1CC2. The molecule has 2 aliphatic heterocycles. The van der Waals surface area contributed by atoms with Gasteiger partial charge in [0.2, 0.25) is 0 Å². The zero-order valence-electron chi connectivity index (χ0n) is 12.9. The number of carbonyl (C=O) groups is 1. The van der Waals surface area contributed by atoms with Crippen molar-refractivity contribution in [2.45, 2.75) is 38.0 Å². The third-order valence-electron chi connectivity index (χ3n) is 4.65. The molecule has 1 amide bonds. The van der Waals surface area contributed by atoms with Gasteiger partial charge in [0.15, 0.2) is 0 Å². The lowest BCUT2D eigenvalue weighted by molar-refractivity contribution is 0.0831. The molecule has 2 aromatic rings. The molecule has 0 spiro atoms. The summed E-state index contributed by atoms with van der Waals surface area (Å²) in [5.74, 6) is 0.916. The van der Waals surface area contributed by atoms with Crippen LogP contribution in [-0.2, 0) is 11.3 Å². The highest BCUT2D eigenvalue weighted by Crippen LogP contribution is 2.39. The summed E-state index contributed by atoms with van der Waals surface area (Å²) in [6.45, 7) is 0.324. The summed E-state index contributed by atoms with van der Waals surface area (Å²) < 4.78 is 11.0. The number of furan rings is 1. The molecule has 0 N–H and O–H groups in total. The molecule has 2 atom stereocenters. The molecule has 2 bridgehead atoms. The Hall–Kier alpha value is -2.49. The second-order valence-electron chi connectivity index (χ2n) is 6.12. The maximum atomic E-state index is 12.5. The van der Waals surface area contributed by atoms with Gasteiger partial charge in [-0.2, -0.15) is 0 Å². The molecule has 2 aliphatic rings. The van der Waals surface area contributed by atoms with Gasteiger partial charge in [0.1, 0.15) is 12.4 Å². The van der Waals surface area contributed by atoms with E-state index in [1.807, 2.05) is 47.4 Å². The van der Waals surface area contributed by atoms with Gasteiger partial charge in [-0.1, -0.05) is 36.4 Å². The highest BCUT2D eigenvalue weighted by molar-refractivity contribution is 5.73. The van der Waals surface area contributed by atoms with Crippen LogP contribution in [0.3, 0.4) is 0 Å². The smallest absolute Gasteiger partial charge is 0.410 e. The second-order valence-corrected chi connectivity index (χ2v) is 6.12. The number of fused-ring (bicyclic) bond motifs is 2. The van der Waals surface area contributed by atoms with Gasteiger partial charge in [0, 0.05) is 6.04 Å². The van der Waals surface area contributed by atoms with E-state index in [1.165, 1.54) is 5.57 Å². The fourth-order valence-corrected chi connectivity index (χ4v) is 3.55. The molecule has 1 aromatic carbocycles. The highest BCUT2D eigenvalue weighted by atomic mass is 16.6. The molecule has 2 unspecified atom stereocenters. The van der Waals surface area contributed by atoms with E-state index in [-0.39, 0.29) is 18.2 Å². The molecule has 0 saturated carbocycles. The van der Waals surface area contributed by atoms with Crippen LogP contribution in [-0.4, -0.2) is 23.1 Å². The summed E-state index contributed by atoms with van der Waals surface area (Å²) in [6, 6.07) is 14.0. The number of benzene rings is 1. The Kier molecular flexibility index (Phi) is 3.66. The summed E-state index contributed by atoms with van der Waals surface area (Å²) in [5.41, 5.74) is 2.21. The van der Waals surface area contributed by atoms with E-state index in [0.29, 0.717) is 6.61 Å². The van der Waals surface area contributed by atoms with E-state index in [4.69, 9.17) is 9.15 Å². The third-order valence-corrected chi connectivity index (χ3v) is 4.65. The molecule has 1 fully saturated rings. The zero-order chi connectivity index (χ0) is 15.6. The van der Waals surface area contributed by atoms with E-state index in [2.05, 4.69) is 6.08 Å². The minimum absolute atomic E-state index is 0.122. The van der Waals surface area contributed by atoms with Crippen molar-refractivity contribution in [3.8, 4) is 0 Å². The molecule has 4 nitrogen and oxygen atoms in total. The van der Waals surface area contributed by atoms with Crippen molar-refractivity contribution in [3.63, 3.8) is 0 Å². The Labute approximate surface area is 135 Å². The number of rotatable bonds is 3. The fraction of sp³-hybridized carbons (Fsp3) is 0.316. The number of hydrogen-bond acceptors (Lipinski definition) is 3. The van der Waals surface area contributed by atoms with E-state index in [9.17, 15) is 4.79 Å². The Balaban J connectivity index is 1.45. The predicted octanol–water partition coefficient (Wildman–Crippen LogP) is 4.24. The number of carbonyl (C=O) groups excluding carboxylic acids is 1. The van der Waals surface area contributed by atoms with Crippen molar-refractivity contribution in [1.82, 2.24) is 4.90 Å². The van der Waals surface area contributed by atoms with Crippen LogP contribution in [0.1, 0.15) is 30.6 Å². The fourth-order valence-electron chi connectivity index (χ4n) is 3.55. The summed E-state index contributed by atoms with van der Waals surface area (Å²) in [4.78, 5) is 14.4. The minimum atomic E-state index is -0.212. The van der Waals surface area contributed by atoms with E-state index in [1.54, 1.807) is 6.26 Å². The van der Waals surface area contributed by atoms with Crippen molar-refractivity contribution in [3.05, 3.63) is 66.1 Å². The van der Waals surface area contributed by atoms with E-state index < -0.39 is 0 Å². The Morgan fingerprint density at radius 2 is 2.04 bits per heavy atom. The van der Waals surface area contributed by atoms with Crippen molar-refractivity contribution in [1.29, 1.82) is 0 Å². The van der Waals surface area contributed by atoms with Gasteiger partial charge in [-0.25, -0.2) is 4.79 Å². The van der Waals surface area contributed by atoms with Gasteiger partial charge in [-0.15, -0.1) is 0 Å². The summed E-state index contributed by atoms with van der Waals surface area (Å²) in [5, 5.41) is 0. The molecule has 1 aromatic heterocycles. The maximum Gasteiger partial charge on any atom is 0.410 e. The number of amides is 1. The molecule has 118 valence electrons. The van der Waals surface area contributed by atoms with Gasteiger partial charge in [0.05, 0.1) is 12.3 Å². The molecule has 0 aliphatic carbocycles. The summed E-state index contributed by atoms with van der Waals surface area (Å²) >= 11 is 0. The first-order chi connectivity index (χ1) is 11.3. The Morgan fingerprint density at radius 3 is 2.78 bits per heavy atom. The molecule has 3 heterocycles. The van der Waals surface area contributed by atoms with Gasteiger partial charge < -0.3 is 9.15 Å². The van der Waals surface area contributed by atoms with Gasteiger partial charge in [-0.3, -0.25) is 4.90 Å². The van der Waals surface area contributed by atoms with Crippen LogP contribution in [0.2, 0.25) is 0 Å². The molecule has 23 heavy (non-hydrogen) atoms. The minimum Gasteiger partial charge on any atom is -0.465 e. The van der Waals surface area contributed by atoms with Gasteiger partial charge in [-0.05, 0) is 42.5 Å². The van der Waals surface area contributed by atoms with E-state index >= 15 is 0 Å². The number of ether oxygens (including phenoxy) is 1. The standard InChI is InChI=1S/C19H19NO3/c21-19(23-13-14-5-2-1-3-6-14)20-16-8-9-17(20)12-15(11-16)18-7-4-10-22-18/h1-7,10-11,16-17H,8-9,12-13H2. The average molecular weight is 309 g/mol. The zero-order valence-corrected chi connectivity index (χ0v) is 12.9. The topological polar surface area (TPSA) is 42.7 Å². The summed E-state index contributed by atoms with van der Waals surface area (Å²) in [6.07, 6.45) is 6.49. The number of hydrogen-bond donors (Lipinski definition) is 0. The quantitative estimate of drug-likeness (QED) is 0.852. The largest absolute Gasteiger partial charge is 0.465 e. The van der Waals surface area contributed by atoms with Crippen molar-refractivity contribution in [2.24, 2.45) is 0 Å². The van der Waals surface area contributed by atoms with Crippen LogP contribution in [0.25, 0.3) is 5.57 Å². The van der Waals surface area contributed by atoms with Crippen LogP contribution in [0.5, 0.6) is 0 Å². The van der Waals surface area contributed by atoms with Crippen molar-refractivity contribution >= 4 is 11.7 Å². The lowest BCUT2D eigenvalue weighted by atomic mass is 10.00. The molecule has 4 heteroatoms. The van der Waals surface area contributed by atoms with Crippen LogP contribution < -0.4 is 0 Å². The maximum absolute atomic E-state index is 12.5. The molecule has 0 radical (unpaired) electrons. The normalized spacial score (nSPS) is 22.8. The first-order valence-electron chi connectivity index (χ1n) is 8.05. The van der Waals surface area contributed by atoms with Crippen molar-refractivity contribution in [2.75, 3.05) is 0 Å². The van der Waals surface area contributed by atoms with Crippen molar-refractivity contribution < 1.29 is 13.9 Å². The molecular weight excluding hydrogens is 290 g/mol. The first-order valence-corrected chi connectivity index (χ1v) is 8.05. The lowest BCUT2D eigenvalue weighted by Gasteiger charge is -2.32. The predicted molar refractivity (Wildman–Crippen MR) is 86.6 cm³/mol. The molecular formula is C19H19NO3. The van der Waals surface area contributed by atoms with Gasteiger partial charge >= 0.3 is 6.09 Å². The number of nitrogens with zero attached hydrogens (tertiary/aromatic N) is 1. The highest BCUT2D eigenvalue weighted by Gasteiger charge is 2.41.